The average Bonchev–Trinajstić information content (AvgIpc) is 2.45. The van der Waals surface area contributed by atoms with E-state index in [1.54, 1.807) is 17.0 Å². The van der Waals surface area contributed by atoms with Crippen molar-refractivity contribution in [1.82, 2.24) is 0 Å². The molecule has 0 aliphatic carbocycles. The molecule has 0 bridgehead atoms. The Hall–Kier alpha value is -2.39. The van der Waals surface area contributed by atoms with Gasteiger partial charge >= 0.3 is 5.97 Å². The lowest BCUT2D eigenvalue weighted by Gasteiger charge is -2.31. The van der Waals surface area contributed by atoms with Crippen LogP contribution in [0, 0.1) is 17.1 Å². The van der Waals surface area contributed by atoms with E-state index < -0.39 is 17.9 Å². The predicted octanol–water partition coefficient (Wildman–Crippen LogP) is 1.65. The molecule has 0 spiro atoms. The highest BCUT2D eigenvalue weighted by Crippen LogP contribution is 2.23. The van der Waals surface area contributed by atoms with Crippen molar-refractivity contribution >= 4 is 17.7 Å². The summed E-state index contributed by atoms with van der Waals surface area (Å²) in [5.74, 6) is -1.53. The van der Waals surface area contributed by atoms with Crippen LogP contribution in [0.4, 0.5) is 10.1 Å². The van der Waals surface area contributed by atoms with Crippen molar-refractivity contribution in [3.63, 3.8) is 0 Å². The molecule has 6 heteroatoms. The molecule has 1 saturated heterocycles. The van der Waals surface area contributed by atoms with Crippen LogP contribution in [0.25, 0.3) is 6.08 Å². The van der Waals surface area contributed by atoms with E-state index in [4.69, 9.17) is 15.1 Å². The Labute approximate surface area is 115 Å². The van der Waals surface area contributed by atoms with Crippen LogP contribution in [0.2, 0.25) is 0 Å². The second-order valence-corrected chi connectivity index (χ2v) is 4.32. The minimum Gasteiger partial charge on any atom is -0.478 e. The largest absolute Gasteiger partial charge is 0.478 e. The molecular formula is C14H13FN2O3. The van der Waals surface area contributed by atoms with Crippen LogP contribution >= 0.6 is 0 Å². The monoisotopic (exact) mass is 276 g/mol. The fourth-order valence-corrected chi connectivity index (χ4v) is 2.00. The molecule has 1 atom stereocenters. The lowest BCUT2D eigenvalue weighted by molar-refractivity contribution is -0.131. The molecular weight excluding hydrogens is 263 g/mol. The first-order valence-corrected chi connectivity index (χ1v) is 6.07. The number of rotatable bonds is 3. The van der Waals surface area contributed by atoms with Crippen LogP contribution < -0.4 is 4.90 Å². The molecule has 0 amide bonds. The summed E-state index contributed by atoms with van der Waals surface area (Å²) < 4.78 is 19.2. The molecule has 1 fully saturated rings. The van der Waals surface area contributed by atoms with Crippen LogP contribution in [0.1, 0.15) is 5.56 Å². The van der Waals surface area contributed by atoms with Gasteiger partial charge in [-0.05, 0) is 23.8 Å². The summed E-state index contributed by atoms with van der Waals surface area (Å²) in [6.07, 6.45) is 1.72. The van der Waals surface area contributed by atoms with E-state index >= 15 is 0 Å². The summed E-state index contributed by atoms with van der Waals surface area (Å²) in [5.41, 5.74) is 0.861. The molecule has 1 aliphatic heterocycles. The van der Waals surface area contributed by atoms with Gasteiger partial charge in [-0.25, -0.2) is 9.18 Å². The highest BCUT2D eigenvalue weighted by atomic mass is 19.1. The summed E-state index contributed by atoms with van der Waals surface area (Å²) in [4.78, 5) is 12.2. The number of carboxylic acids is 1. The standard InChI is InChI=1S/C14H13FN2O3/c15-12-7-10(2-4-14(18)19)1-3-13(12)17-5-6-20-11(8-16)9-17/h1-4,7,11H,5-6,9H2,(H,18,19). The van der Waals surface area contributed by atoms with Gasteiger partial charge in [-0.2, -0.15) is 5.26 Å². The van der Waals surface area contributed by atoms with Crippen LogP contribution in [-0.2, 0) is 9.53 Å². The molecule has 1 unspecified atom stereocenters. The maximum atomic E-state index is 14.0. The fraction of sp³-hybridized carbons (Fsp3) is 0.286. The van der Waals surface area contributed by atoms with Gasteiger partial charge in [0.2, 0.25) is 0 Å². The Morgan fingerprint density at radius 2 is 2.40 bits per heavy atom. The maximum absolute atomic E-state index is 14.0. The molecule has 20 heavy (non-hydrogen) atoms. The van der Waals surface area contributed by atoms with E-state index in [9.17, 15) is 9.18 Å². The Balaban J connectivity index is 2.17. The van der Waals surface area contributed by atoms with Gasteiger partial charge in [0, 0.05) is 12.6 Å². The Morgan fingerprint density at radius 1 is 1.60 bits per heavy atom. The van der Waals surface area contributed by atoms with Gasteiger partial charge in [0.15, 0.2) is 6.10 Å². The predicted molar refractivity (Wildman–Crippen MR) is 70.6 cm³/mol. The Kier molecular flexibility index (Phi) is 4.33. The average molecular weight is 276 g/mol. The van der Waals surface area contributed by atoms with Gasteiger partial charge in [-0.3, -0.25) is 0 Å². The number of carboxylic acid groups (broad SMARTS) is 1. The summed E-state index contributed by atoms with van der Waals surface area (Å²) in [6, 6.07) is 6.49. The molecule has 0 radical (unpaired) electrons. The van der Waals surface area contributed by atoms with Crippen LogP contribution in [0.3, 0.4) is 0 Å². The number of halogens is 1. The maximum Gasteiger partial charge on any atom is 0.328 e. The second kappa shape index (κ2) is 6.17. The van der Waals surface area contributed by atoms with Crippen LogP contribution in [0.5, 0.6) is 0 Å². The van der Waals surface area contributed by atoms with Gasteiger partial charge in [0.1, 0.15) is 5.82 Å². The van der Waals surface area contributed by atoms with Crippen molar-refractivity contribution in [3.8, 4) is 6.07 Å². The summed E-state index contributed by atoms with van der Waals surface area (Å²) >= 11 is 0. The van der Waals surface area contributed by atoms with Crippen molar-refractivity contribution in [2.24, 2.45) is 0 Å². The quantitative estimate of drug-likeness (QED) is 0.850. The SMILES string of the molecule is N#CC1CN(c2ccc(C=CC(=O)O)cc2F)CCO1. The van der Waals surface area contributed by atoms with E-state index in [-0.39, 0.29) is 0 Å². The molecule has 1 aliphatic rings. The van der Waals surface area contributed by atoms with Gasteiger partial charge < -0.3 is 14.7 Å². The normalized spacial score (nSPS) is 19.0. The lowest BCUT2D eigenvalue weighted by atomic mass is 10.1. The smallest absolute Gasteiger partial charge is 0.328 e. The number of carbonyl (C=O) groups is 1. The minimum absolute atomic E-state index is 0.317. The van der Waals surface area contributed by atoms with Crippen molar-refractivity contribution in [3.05, 3.63) is 35.7 Å². The number of nitrogens with zero attached hydrogens (tertiary/aromatic N) is 2. The topological polar surface area (TPSA) is 73.6 Å². The third-order valence-corrected chi connectivity index (χ3v) is 2.94. The molecule has 104 valence electrons. The summed E-state index contributed by atoms with van der Waals surface area (Å²) in [5, 5.41) is 17.4. The van der Waals surface area contributed by atoms with E-state index in [2.05, 4.69) is 0 Å². The highest BCUT2D eigenvalue weighted by Gasteiger charge is 2.22. The van der Waals surface area contributed by atoms with Crippen molar-refractivity contribution in [1.29, 1.82) is 5.26 Å². The number of benzene rings is 1. The zero-order chi connectivity index (χ0) is 14.5. The van der Waals surface area contributed by atoms with E-state index in [0.717, 1.165) is 6.08 Å². The first-order chi connectivity index (χ1) is 9.60. The fourth-order valence-electron chi connectivity index (χ4n) is 2.00. The third-order valence-electron chi connectivity index (χ3n) is 2.94. The molecule has 5 nitrogen and oxygen atoms in total. The van der Waals surface area contributed by atoms with Crippen molar-refractivity contribution in [2.75, 3.05) is 24.6 Å². The van der Waals surface area contributed by atoms with Gasteiger partial charge in [0.05, 0.1) is 24.9 Å². The van der Waals surface area contributed by atoms with Crippen molar-refractivity contribution in [2.45, 2.75) is 6.10 Å². The summed E-state index contributed by atoms with van der Waals surface area (Å²) in [7, 11) is 0. The zero-order valence-electron chi connectivity index (χ0n) is 10.6. The number of aliphatic carboxylic acids is 1. The number of hydrogen-bond donors (Lipinski definition) is 1. The molecule has 0 saturated carbocycles. The molecule has 1 aromatic rings. The zero-order valence-corrected chi connectivity index (χ0v) is 10.6. The third kappa shape index (κ3) is 3.33. The first-order valence-electron chi connectivity index (χ1n) is 6.07. The van der Waals surface area contributed by atoms with Crippen LogP contribution in [-0.4, -0.2) is 36.9 Å². The van der Waals surface area contributed by atoms with E-state index in [1.807, 2.05) is 6.07 Å². The molecule has 1 aromatic carbocycles. The number of hydrogen-bond acceptors (Lipinski definition) is 4. The van der Waals surface area contributed by atoms with Gasteiger partial charge in [-0.15, -0.1) is 0 Å². The molecule has 1 heterocycles. The minimum atomic E-state index is -1.08. The number of anilines is 1. The Morgan fingerprint density at radius 3 is 3.05 bits per heavy atom. The number of ether oxygens (including phenoxy) is 1. The van der Waals surface area contributed by atoms with E-state index in [0.29, 0.717) is 30.9 Å². The summed E-state index contributed by atoms with van der Waals surface area (Å²) in [6.45, 7) is 1.20. The van der Waals surface area contributed by atoms with E-state index in [1.165, 1.54) is 12.1 Å². The number of nitriles is 1. The second-order valence-electron chi connectivity index (χ2n) is 4.32. The van der Waals surface area contributed by atoms with Crippen LogP contribution in [0.15, 0.2) is 24.3 Å². The lowest BCUT2D eigenvalue weighted by Crippen LogP contribution is -2.42. The Bertz CT molecular complexity index is 580. The van der Waals surface area contributed by atoms with Gasteiger partial charge in [0.25, 0.3) is 0 Å². The van der Waals surface area contributed by atoms with Crippen molar-refractivity contribution < 1.29 is 19.0 Å². The highest BCUT2D eigenvalue weighted by molar-refractivity contribution is 5.85. The number of morpholine rings is 1. The van der Waals surface area contributed by atoms with Gasteiger partial charge in [-0.1, -0.05) is 6.07 Å². The molecule has 1 N–H and O–H groups in total. The molecule has 0 aromatic heterocycles. The first kappa shape index (κ1) is 14.0. The molecule has 2 rings (SSSR count).